The summed E-state index contributed by atoms with van der Waals surface area (Å²) in [5.74, 6) is 1.24. The van der Waals surface area contributed by atoms with Crippen molar-refractivity contribution < 1.29 is 9.53 Å². The number of ketones is 1. The van der Waals surface area contributed by atoms with Gasteiger partial charge in [0, 0.05) is 18.4 Å². The summed E-state index contributed by atoms with van der Waals surface area (Å²) in [6, 6.07) is 0.0833. The first-order valence-electron chi connectivity index (χ1n) is 5.23. The van der Waals surface area contributed by atoms with E-state index in [0.29, 0.717) is 11.8 Å². The molecule has 2 saturated heterocycles. The molecule has 0 aromatic carbocycles. The molecular weight excluding hydrogens is 178 g/mol. The van der Waals surface area contributed by atoms with E-state index in [9.17, 15) is 4.79 Å². The Balaban J connectivity index is 1.94. The maximum Gasteiger partial charge on any atom is 0.147 e. The number of carbonyl (C=O) groups is 1. The summed E-state index contributed by atoms with van der Waals surface area (Å²) in [5.41, 5.74) is 0. The summed E-state index contributed by atoms with van der Waals surface area (Å²) in [7, 11) is 2.05. The van der Waals surface area contributed by atoms with Gasteiger partial charge in [-0.25, -0.2) is 0 Å². The van der Waals surface area contributed by atoms with Crippen molar-refractivity contribution >= 4 is 5.78 Å². The van der Waals surface area contributed by atoms with E-state index in [1.807, 2.05) is 7.05 Å². The van der Waals surface area contributed by atoms with Crippen LogP contribution in [-0.2, 0) is 9.53 Å². The number of ether oxygens (including phenoxy) is 1. The zero-order chi connectivity index (χ0) is 9.87. The molecule has 0 N–H and O–H groups in total. The van der Waals surface area contributed by atoms with Crippen molar-refractivity contribution in [1.82, 2.24) is 4.90 Å². The van der Waals surface area contributed by atoms with Gasteiger partial charge in [-0.05, 0) is 14.0 Å². The minimum atomic E-state index is 0.0833. The maximum atomic E-state index is 11.6. The Morgan fingerprint density at radius 2 is 2.14 bits per heavy atom. The second-order valence-electron chi connectivity index (χ2n) is 4.69. The van der Waals surface area contributed by atoms with Gasteiger partial charge in [0.2, 0.25) is 0 Å². The number of carbonyl (C=O) groups excluding carboxylic acids is 1. The van der Waals surface area contributed by atoms with Gasteiger partial charge in [0.1, 0.15) is 5.78 Å². The molecule has 0 spiro atoms. The van der Waals surface area contributed by atoms with Crippen LogP contribution < -0.4 is 0 Å². The van der Waals surface area contributed by atoms with Crippen LogP contribution in [-0.4, -0.2) is 42.5 Å². The highest BCUT2D eigenvalue weighted by molar-refractivity contribution is 5.82. The maximum absolute atomic E-state index is 11.6. The number of likely N-dealkylation sites (N-methyl/N-ethyl adjacent to an activating group) is 1. The second-order valence-corrected chi connectivity index (χ2v) is 4.69. The minimum absolute atomic E-state index is 0.0833. The van der Waals surface area contributed by atoms with Crippen LogP contribution in [0.1, 0.15) is 6.92 Å². The summed E-state index contributed by atoms with van der Waals surface area (Å²) in [6.45, 7) is 2.69. The highest BCUT2D eigenvalue weighted by atomic mass is 16.5. The molecule has 2 bridgehead atoms. The highest BCUT2D eigenvalue weighted by Gasteiger charge is 2.55. The van der Waals surface area contributed by atoms with Gasteiger partial charge in [0.15, 0.2) is 0 Å². The molecule has 3 heteroatoms. The molecule has 76 valence electrons. The third kappa shape index (κ3) is 0.916. The Bertz CT molecular complexity index is 312. The van der Waals surface area contributed by atoms with Crippen LogP contribution in [0.15, 0.2) is 12.2 Å². The number of Topliss-reactive ketones (excluding diaryl/α,β-unsaturated/α-hetero) is 1. The molecule has 0 radical (unpaired) electrons. The lowest BCUT2D eigenvalue weighted by molar-refractivity contribution is -0.122. The van der Waals surface area contributed by atoms with Crippen LogP contribution in [0.3, 0.4) is 0 Å². The Morgan fingerprint density at radius 1 is 1.43 bits per heavy atom. The van der Waals surface area contributed by atoms with Gasteiger partial charge in [-0.15, -0.1) is 0 Å². The Morgan fingerprint density at radius 3 is 2.86 bits per heavy atom. The van der Waals surface area contributed by atoms with Gasteiger partial charge >= 0.3 is 0 Å². The quantitative estimate of drug-likeness (QED) is 0.567. The van der Waals surface area contributed by atoms with Crippen molar-refractivity contribution in [3.8, 4) is 0 Å². The van der Waals surface area contributed by atoms with Crippen molar-refractivity contribution in [2.45, 2.75) is 25.2 Å². The number of likely N-dealkylation sites (tertiary alicyclic amines) is 1. The summed E-state index contributed by atoms with van der Waals surface area (Å²) in [5, 5.41) is 0. The first-order valence-corrected chi connectivity index (χ1v) is 5.23. The van der Waals surface area contributed by atoms with Crippen LogP contribution in [0.25, 0.3) is 0 Å². The van der Waals surface area contributed by atoms with E-state index >= 15 is 0 Å². The highest BCUT2D eigenvalue weighted by Crippen LogP contribution is 2.46. The normalized spacial score (nSPS) is 50.0. The van der Waals surface area contributed by atoms with Crippen LogP contribution >= 0.6 is 0 Å². The van der Waals surface area contributed by atoms with Crippen molar-refractivity contribution in [2.75, 3.05) is 13.6 Å². The summed E-state index contributed by atoms with van der Waals surface area (Å²) in [4.78, 5) is 13.7. The van der Waals surface area contributed by atoms with Crippen LogP contribution in [0.5, 0.6) is 0 Å². The van der Waals surface area contributed by atoms with Crippen molar-refractivity contribution in [2.24, 2.45) is 11.8 Å². The molecule has 0 aromatic rings. The van der Waals surface area contributed by atoms with Crippen LogP contribution in [0.4, 0.5) is 0 Å². The smallest absolute Gasteiger partial charge is 0.147 e. The number of fused-ring (bicyclic) bond motifs is 5. The largest absolute Gasteiger partial charge is 0.366 e. The summed E-state index contributed by atoms with van der Waals surface area (Å²) in [6.07, 6.45) is 4.75. The average molecular weight is 193 g/mol. The van der Waals surface area contributed by atoms with Gasteiger partial charge in [-0.2, -0.15) is 0 Å². The van der Waals surface area contributed by atoms with E-state index in [-0.39, 0.29) is 24.0 Å². The van der Waals surface area contributed by atoms with E-state index < -0.39 is 0 Å². The molecule has 5 atom stereocenters. The first kappa shape index (κ1) is 8.62. The Labute approximate surface area is 83.7 Å². The molecule has 3 nitrogen and oxygen atoms in total. The van der Waals surface area contributed by atoms with E-state index in [0.717, 1.165) is 6.54 Å². The molecule has 0 saturated carbocycles. The van der Waals surface area contributed by atoms with Gasteiger partial charge in [-0.1, -0.05) is 12.2 Å². The molecule has 0 unspecified atom stereocenters. The zero-order valence-corrected chi connectivity index (χ0v) is 8.51. The summed E-state index contributed by atoms with van der Waals surface area (Å²) >= 11 is 0. The third-order valence-corrected chi connectivity index (χ3v) is 3.86. The van der Waals surface area contributed by atoms with E-state index in [2.05, 4.69) is 17.1 Å². The molecule has 3 aliphatic heterocycles. The van der Waals surface area contributed by atoms with Gasteiger partial charge in [-0.3, -0.25) is 9.69 Å². The first-order chi connectivity index (χ1) is 6.68. The van der Waals surface area contributed by atoms with Crippen LogP contribution in [0.2, 0.25) is 0 Å². The van der Waals surface area contributed by atoms with E-state index in [1.165, 1.54) is 0 Å². The van der Waals surface area contributed by atoms with Gasteiger partial charge in [0.05, 0.1) is 18.2 Å². The molecular formula is C11H15NO2. The Kier molecular flexibility index (Phi) is 1.65. The number of hydrogen-bond donors (Lipinski definition) is 0. The fourth-order valence-electron chi connectivity index (χ4n) is 3.38. The molecule has 3 rings (SSSR count). The van der Waals surface area contributed by atoms with Gasteiger partial charge < -0.3 is 4.74 Å². The topological polar surface area (TPSA) is 29.5 Å². The third-order valence-electron chi connectivity index (χ3n) is 3.86. The molecule has 3 heterocycles. The second kappa shape index (κ2) is 2.67. The lowest BCUT2D eigenvalue weighted by Crippen LogP contribution is -2.39. The minimum Gasteiger partial charge on any atom is -0.366 e. The monoisotopic (exact) mass is 193 g/mol. The lowest BCUT2D eigenvalue weighted by Gasteiger charge is -2.23. The number of rotatable bonds is 1. The standard InChI is InChI=1S/C11H15NO2/c1-6(13)11-10-7(5-12(11)2)8-3-4-9(10)14-8/h3-4,7-11H,5H2,1-2H3/t7-,8+,9-,10-,11-/m1/s1. The van der Waals surface area contributed by atoms with Crippen molar-refractivity contribution in [3.63, 3.8) is 0 Å². The predicted molar refractivity (Wildman–Crippen MR) is 51.9 cm³/mol. The predicted octanol–water partition coefficient (Wildman–Crippen LogP) is 0.459. The lowest BCUT2D eigenvalue weighted by atomic mass is 9.81. The van der Waals surface area contributed by atoms with E-state index in [4.69, 9.17) is 4.74 Å². The van der Waals surface area contributed by atoms with Crippen molar-refractivity contribution in [1.29, 1.82) is 0 Å². The molecule has 0 amide bonds. The Hall–Kier alpha value is -0.670. The molecule has 14 heavy (non-hydrogen) atoms. The van der Waals surface area contributed by atoms with Crippen molar-refractivity contribution in [3.05, 3.63) is 12.2 Å². The average Bonchev–Trinajstić information content (AvgIpc) is 2.70. The fraction of sp³-hybridized carbons (Fsp3) is 0.727. The number of nitrogens with zero attached hydrogens (tertiary/aromatic N) is 1. The number of hydrogen-bond acceptors (Lipinski definition) is 3. The molecule has 0 aromatic heterocycles. The zero-order valence-electron chi connectivity index (χ0n) is 8.51. The van der Waals surface area contributed by atoms with Crippen LogP contribution in [0, 0.1) is 11.8 Å². The molecule has 2 fully saturated rings. The fourth-order valence-corrected chi connectivity index (χ4v) is 3.38. The van der Waals surface area contributed by atoms with Gasteiger partial charge in [0.25, 0.3) is 0 Å². The molecule has 3 aliphatic rings. The molecule has 0 aliphatic carbocycles. The van der Waals surface area contributed by atoms with E-state index in [1.54, 1.807) is 6.92 Å². The summed E-state index contributed by atoms with van der Waals surface area (Å²) < 4.78 is 5.78. The SMILES string of the molecule is CC(=O)[C@@H]1[C@@H]2[C@H](CN1C)[C@@H]1C=C[C@H]2O1.